The van der Waals surface area contributed by atoms with E-state index < -0.39 is 0 Å². The van der Waals surface area contributed by atoms with Crippen molar-refractivity contribution in [1.29, 1.82) is 5.26 Å². The van der Waals surface area contributed by atoms with Crippen LogP contribution in [0.2, 0.25) is 0 Å². The van der Waals surface area contributed by atoms with Crippen LogP contribution in [-0.4, -0.2) is 16.5 Å². The molecule has 1 aromatic carbocycles. The first-order chi connectivity index (χ1) is 10.1. The third-order valence-electron chi connectivity index (χ3n) is 3.49. The largest absolute Gasteiger partial charge is 0.348 e. The van der Waals surface area contributed by atoms with Gasteiger partial charge in [-0.05, 0) is 44.0 Å². The molecule has 1 amide bonds. The molecule has 0 aliphatic carbocycles. The molecule has 0 spiro atoms. The van der Waals surface area contributed by atoms with Crippen molar-refractivity contribution in [2.75, 3.05) is 0 Å². The van der Waals surface area contributed by atoms with Gasteiger partial charge in [-0.2, -0.15) is 5.26 Å². The molecule has 4 nitrogen and oxygen atoms in total. The van der Waals surface area contributed by atoms with Gasteiger partial charge in [-0.3, -0.25) is 4.79 Å². The first-order valence-corrected chi connectivity index (χ1v) is 7.06. The van der Waals surface area contributed by atoms with Crippen molar-refractivity contribution < 1.29 is 4.79 Å². The van der Waals surface area contributed by atoms with Crippen molar-refractivity contribution in [2.45, 2.75) is 33.2 Å². The minimum Gasteiger partial charge on any atom is -0.348 e. The highest BCUT2D eigenvalue weighted by atomic mass is 16.2. The van der Waals surface area contributed by atoms with E-state index in [-0.39, 0.29) is 11.9 Å². The fourth-order valence-corrected chi connectivity index (χ4v) is 2.14. The molecule has 1 N–H and O–H groups in total. The van der Waals surface area contributed by atoms with E-state index in [1.807, 2.05) is 45.0 Å². The number of nitriles is 1. The monoisotopic (exact) mass is 281 g/mol. The molecule has 0 saturated carbocycles. The molecule has 0 bridgehead atoms. The summed E-state index contributed by atoms with van der Waals surface area (Å²) < 4.78 is 1.77. The summed E-state index contributed by atoms with van der Waals surface area (Å²) in [5, 5.41) is 12.2. The lowest BCUT2D eigenvalue weighted by atomic mass is 10.2. The Morgan fingerprint density at radius 2 is 2.19 bits per heavy atom. The maximum Gasteiger partial charge on any atom is 0.269 e. The molecule has 21 heavy (non-hydrogen) atoms. The third kappa shape index (κ3) is 3.14. The standard InChI is InChI=1S/C17H19N3O/c1-4-13(3)19-17(21)16-14(11-18)8-9-20(16)15-7-5-6-12(2)10-15/h5-10,13H,4H2,1-3H3,(H,19,21). The summed E-state index contributed by atoms with van der Waals surface area (Å²) in [6, 6.07) is 11.7. The third-order valence-corrected chi connectivity index (χ3v) is 3.49. The van der Waals surface area contributed by atoms with Crippen LogP contribution < -0.4 is 5.32 Å². The van der Waals surface area contributed by atoms with Gasteiger partial charge in [0, 0.05) is 17.9 Å². The van der Waals surface area contributed by atoms with Crippen LogP contribution in [0.3, 0.4) is 0 Å². The minimum absolute atomic E-state index is 0.0740. The highest BCUT2D eigenvalue weighted by molar-refractivity contribution is 5.96. The Balaban J connectivity index is 2.47. The topological polar surface area (TPSA) is 57.8 Å². The zero-order chi connectivity index (χ0) is 15.4. The van der Waals surface area contributed by atoms with Gasteiger partial charge in [0.05, 0.1) is 5.56 Å². The summed E-state index contributed by atoms with van der Waals surface area (Å²) in [5.74, 6) is -0.215. The number of nitrogens with one attached hydrogen (secondary N) is 1. The van der Waals surface area contributed by atoms with Crippen molar-refractivity contribution in [2.24, 2.45) is 0 Å². The molecule has 0 radical (unpaired) electrons. The highest BCUT2D eigenvalue weighted by Gasteiger charge is 2.19. The van der Waals surface area contributed by atoms with Crippen molar-refractivity contribution in [3.05, 3.63) is 53.3 Å². The second-order valence-electron chi connectivity index (χ2n) is 5.18. The average molecular weight is 281 g/mol. The summed E-state index contributed by atoms with van der Waals surface area (Å²) in [4.78, 5) is 12.5. The SMILES string of the molecule is CCC(C)NC(=O)c1c(C#N)ccn1-c1cccc(C)c1. The number of carbonyl (C=O) groups excluding carboxylic acids is 1. The van der Waals surface area contributed by atoms with Crippen molar-refractivity contribution in [1.82, 2.24) is 9.88 Å². The Hall–Kier alpha value is -2.54. The van der Waals surface area contributed by atoms with Gasteiger partial charge in [-0.25, -0.2) is 0 Å². The summed E-state index contributed by atoms with van der Waals surface area (Å²) in [6.07, 6.45) is 2.61. The van der Waals surface area contributed by atoms with Crippen molar-refractivity contribution in [3.8, 4) is 11.8 Å². The molecule has 1 heterocycles. The normalized spacial score (nSPS) is 11.7. The quantitative estimate of drug-likeness (QED) is 0.935. The van der Waals surface area contributed by atoms with Crippen LogP contribution in [0, 0.1) is 18.3 Å². The van der Waals surface area contributed by atoms with Gasteiger partial charge < -0.3 is 9.88 Å². The molecule has 0 fully saturated rings. The first kappa shape index (κ1) is 14.9. The van der Waals surface area contributed by atoms with Crippen LogP contribution in [0.15, 0.2) is 36.5 Å². The smallest absolute Gasteiger partial charge is 0.269 e. The Morgan fingerprint density at radius 3 is 2.81 bits per heavy atom. The molecule has 0 aliphatic heterocycles. The van der Waals surface area contributed by atoms with Crippen molar-refractivity contribution in [3.63, 3.8) is 0 Å². The number of amides is 1. The van der Waals surface area contributed by atoms with Gasteiger partial charge in [0.25, 0.3) is 5.91 Å². The van der Waals surface area contributed by atoms with Gasteiger partial charge in [0.2, 0.25) is 0 Å². The fraction of sp³-hybridized carbons (Fsp3) is 0.294. The lowest BCUT2D eigenvalue weighted by Crippen LogP contribution is -2.33. The van der Waals surface area contributed by atoms with Gasteiger partial charge in [-0.1, -0.05) is 19.1 Å². The van der Waals surface area contributed by atoms with E-state index in [1.165, 1.54) is 0 Å². The van der Waals surface area contributed by atoms with Crippen LogP contribution in [-0.2, 0) is 0 Å². The van der Waals surface area contributed by atoms with Gasteiger partial charge in [0.15, 0.2) is 0 Å². The predicted molar refractivity (Wildman–Crippen MR) is 82.4 cm³/mol. The van der Waals surface area contributed by atoms with E-state index in [4.69, 9.17) is 0 Å². The van der Waals surface area contributed by atoms with E-state index in [0.717, 1.165) is 17.7 Å². The fourth-order valence-electron chi connectivity index (χ4n) is 2.14. The molecular formula is C17H19N3O. The second-order valence-corrected chi connectivity index (χ2v) is 5.18. The number of hydrogen-bond donors (Lipinski definition) is 1. The minimum atomic E-state index is -0.215. The molecule has 0 aliphatic rings. The molecular weight excluding hydrogens is 262 g/mol. The van der Waals surface area contributed by atoms with Crippen LogP contribution in [0.1, 0.15) is 41.9 Å². The lowest BCUT2D eigenvalue weighted by molar-refractivity contribution is 0.0932. The highest BCUT2D eigenvalue weighted by Crippen LogP contribution is 2.18. The zero-order valence-electron chi connectivity index (χ0n) is 12.6. The summed E-state index contributed by atoms with van der Waals surface area (Å²) in [6.45, 7) is 5.96. The molecule has 4 heteroatoms. The van der Waals surface area contributed by atoms with Gasteiger partial charge in [0.1, 0.15) is 11.8 Å². The first-order valence-electron chi connectivity index (χ1n) is 7.06. The van der Waals surface area contributed by atoms with E-state index in [1.54, 1.807) is 16.8 Å². The van der Waals surface area contributed by atoms with E-state index in [0.29, 0.717) is 11.3 Å². The number of hydrogen-bond acceptors (Lipinski definition) is 2. The predicted octanol–water partition coefficient (Wildman–Crippen LogP) is 3.19. The Bertz CT molecular complexity index is 694. The number of nitrogens with zero attached hydrogens (tertiary/aromatic N) is 2. The van der Waals surface area contributed by atoms with E-state index >= 15 is 0 Å². The molecule has 2 rings (SSSR count). The van der Waals surface area contributed by atoms with E-state index in [2.05, 4.69) is 11.4 Å². The molecule has 108 valence electrons. The number of carbonyl (C=O) groups is 1. The Kier molecular flexibility index (Phi) is 4.44. The molecule has 1 aromatic heterocycles. The number of benzene rings is 1. The lowest BCUT2D eigenvalue weighted by Gasteiger charge is -2.14. The Morgan fingerprint density at radius 1 is 1.43 bits per heavy atom. The van der Waals surface area contributed by atoms with Crippen LogP contribution in [0.5, 0.6) is 0 Å². The number of aromatic nitrogens is 1. The summed E-state index contributed by atoms with van der Waals surface area (Å²) in [5.41, 5.74) is 2.76. The summed E-state index contributed by atoms with van der Waals surface area (Å²) >= 11 is 0. The molecule has 1 unspecified atom stereocenters. The Labute approximate surface area is 125 Å². The van der Waals surface area contributed by atoms with Gasteiger partial charge in [-0.15, -0.1) is 0 Å². The second kappa shape index (κ2) is 6.27. The zero-order valence-corrected chi connectivity index (χ0v) is 12.6. The average Bonchev–Trinajstić information content (AvgIpc) is 2.91. The van der Waals surface area contributed by atoms with Crippen molar-refractivity contribution >= 4 is 5.91 Å². The summed E-state index contributed by atoms with van der Waals surface area (Å²) in [7, 11) is 0. The molecule has 0 saturated heterocycles. The molecule has 1 atom stereocenters. The number of rotatable bonds is 4. The number of aryl methyl sites for hydroxylation is 1. The van der Waals surface area contributed by atoms with Crippen LogP contribution in [0.25, 0.3) is 5.69 Å². The van der Waals surface area contributed by atoms with E-state index in [9.17, 15) is 10.1 Å². The maximum absolute atomic E-state index is 12.5. The molecule has 2 aromatic rings. The van der Waals surface area contributed by atoms with Crippen LogP contribution in [0.4, 0.5) is 0 Å². The van der Waals surface area contributed by atoms with Gasteiger partial charge >= 0.3 is 0 Å². The maximum atomic E-state index is 12.5. The van der Waals surface area contributed by atoms with Crippen LogP contribution >= 0.6 is 0 Å².